The highest BCUT2D eigenvalue weighted by molar-refractivity contribution is 7.93. The molecule has 10 heteroatoms. The molecule has 0 saturated carbocycles. The van der Waals surface area contributed by atoms with Crippen molar-refractivity contribution in [3.63, 3.8) is 0 Å². The Kier molecular flexibility index (Phi) is 9.50. The topological polar surface area (TPSA) is 117 Å². The SMILES string of the molecule is Cc1cc(C)cc(NS(=O)(=O)c2ccc(N=Cc3ccc(C=Nc4ccc(S(=O)(=O)Nc5cc(C)cc(C)c5)cc4)cc3)cc2)c1. The van der Waals surface area contributed by atoms with E-state index in [0.717, 1.165) is 33.4 Å². The molecule has 0 unspecified atom stereocenters. The second kappa shape index (κ2) is 13.5. The number of aryl methyl sites for hydroxylation is 4. The molecule has 0 radical (unpaired) electrons. The van der Waals surface area contributed by atoms with Gasteiger partial charge in [0.1, 0.15) is 0 Å². The fourth-order valence-corrected chi connectivity index (χ4v) is 6.97. The lowest BCUT2D eigenvalue weighted by molar-refractivity contribution is 0.599. The summed E-state index contributed by atoms with van der Waals surface area (Å²) in [6.07, 6.45) is 3.40. The Labute approximate surface area is 270 Å². The molecule has 8 nitrogen and oxygen atoms in total. The van der Waals surface area contributed by atoms with Crippen LogP contribution in [0.25, 0.3) is 0 Å². The summed E-state index contributed by atoms with van der Waals surface area (Å²) >= 11 is 0. The number of anilines is 2. The van der Waals surface area contributed by atoms with Crippen LogP contribution < -0.4 is 9.44 Å². The van der Waals surface area contributed by atoms with Crippen molar-refractivity contribution < 1.29 is 16.8 Å². The van der Waals surface area contributed by atoms with Crippen molar-refractivity contribution in [2.75, 3.05) is 9.44 Å². The van der Waals surface area contributed by atoms with Crippen LogP contribution in [0.15, 0.2) is 129 Å². The van der Waals surface area contributed by atoms with Gasteiger partial charge in [-0.1, -0.05) is 36.4 Å². The van der Waals surface area contributed by atoms with Gasteiger partial charge in [0.2, 0.25) is 0 Å². The molecule has 0 heterocycles. The van der Waals surface area contributed by atoms with E-state index in [1.807, 2.05) is 64.1 Å². The highest BCUT2D eigenvalue weighted by Crippen LogP contribution is 2.23. The predicted octanol–water partition coefficient (Wildman–Crippen LogP) is 8.02. The molecule has 0 bridgehead atoms. The zero-order chi connectivity index (χ0) is 32.9. The quantitative estimate of drug-likeness (QED) is 0.149. The summed E-state index contributed by atoms with van der Waals surface area (Å²) in [5, 5.41) is 0. The minimum absolute atomic E-state index is 0.152. The van der Waals surface area contributed by atoms with E-state index in [-0.39, 0.29) is 9.79 Å². The van der Waals surface area contributed by atoms with Crippen molar-refractivity contribution in [2.24, 2.45) is 9.98 Å². The third-order valence-corrected chi connectivity index (χ3v) is 9.70. The van der Waals surface area contributed by atoms with Gasteiger partial charge in [0.05, 0.1) is 21.2 Å². The van der Waals surface area contributed by atoms with E-state index < -0.39 is 20.0 Å². The van der Waals surface area contributed by atoms with Gasteiger partial charge in [-0.25, -0.2) is 16.8 Å². The van der Waals surface area contributed by atoms with Crippen molar-refractivity contribution in [3.05, 3.63) is 143 Å². The molecule has 234 valence electrons. The maximum Gasteiger partial charge on any atom is 0.261 e. The standard InChI is InChI=1S/C36H34N4O4S2/c1-25-17-26(2)20-33(19-25)39-45(41,42)35-13-9-31(10-14-35)37-23-29-5-7-30(8-6-29)24-38-32-11-15-36(16-12-32)46(43,44)40-34-21-27(3)18-28(4)22-34/h5-24,39-40H,1-4H3. The summed E-state index contributed by atoms with van der Waals surface area (Å²) in [6, 6.07) is 31.4. The monoisotopic (exact) mass is 650 g/mol. The molecule has 0 aliphatic carbocycles. The Morgan fingerprint density at radius 3 is 1.07 bits per heavy atom. The second-order valence-electron chi connectivity index (χ2n) is 11.1. The molecule has 5 rings (SSSR count). The fraction of sp³-hybridized carbons (Fsp3) is 0.111. The summed E-state index contributed by atoms with van der Waals surface area (Å²) in [7, 11) is -7.46. The van der Waals surface area contributed by atoms with E-state index in [2.05, 4.69) is 19.4 Å². The van der Waals surface area contributed by atoms with E-state index in [1.165, 1.54) is 24.3 Å². The molecular weight excluding hydrogens is 617 g/mol. The molecular formula is C36H34N4O4S2. The third kappa shape index (κ3) is 8.56. The van der Waals surface area contributed by atoms with Gasteiger partial charge in [0.25, 0.3) is 20.0 Å². The first-order chi connectivity index (χ1) is 21.8. The van der Waals surface area contributed by atoms with E-state index in [4.69, 9.17) is 0 Å². The van der Waals surface area contributed by atoms with Crippen molar-refractivity contribution in [2.45, 2.75) is 37.5 Å². The average Bonchev–Trinajstić information content (AvgIpc) is 2.98. The van der Waals surface area contributed by atoms with E-state index in [0.29, 0.717) is 22.7 Å². The van der Waals surface area contributed by atoms with Crippen LogP contribution in [0.5, 0.6) is 0 Å². The summed E-state index contributed by atoms with van der Waals surface area (Å²) in [5.41, 5.74) is 7.91. The maximum absolute atomic E-state index is 12.8. The zero-order valence-corrected chi connectivity index (χ0v) is 27.5. The molecule has 0 aromatic heterocycles. The lowest BCUT2D eigenvalue weighted by Gasteiger charge is -2.10. The van der Waals surface area contributed by atoms with Gasteiger partial charge in [-0.05, 0) is 134 Å². The van der Waals surface area contributed by atoms with Gasteiger partial charge < -0.3 is 0 Å². The van der Waals surface area contributed by atoms with Crippen LogP contribution in [0.3, 0.4) is 0 Å². The molecule has 2 N–H and O–H groups in total. The van der Waals surface area contributed by atoms with Gasteiger partial charge in [-0.3, -0.25) is 19.4 Å². The second-order valence-corrected chi connectivity index (χ2v) is 14.5. The smallest absolute Gasteiger partial charge is 0.261 e. The lowest BCUT2D eigenvalue weighted by Crippen LogP contribution is -2.13. The number of benzene rings is 5. The number of rotatable bonds is 10. The molecule has 0 aliphatic rings. The molecule has 0 aliphatic heterocycles. The Morgan fingerprint density at radius 1 is 0.457 bits per heavy atom. The maximum atomic E-state index is 12.8. The van der Waals surface area contributed by atoms with E-state index in [1.54, 1.807) is 61.0 Å². The molecule has 0 saturated heterocycles. The number of sulfonamides is 2. The van der Waals surface area contributed by atoms with Crippen LogP contribution in [-0.2, 0) is 20.0 Å². The molecule has 0 amide bonds. The fourth-order valence-electron chi connectivity index (χ4n) is 4.88. The number of hydrogen-bond donors (Lipinski definition) is 2. The number of nitrogens with one attached hydrogen (secondary N) is 2. The summed E-state index contributed by atoms with van der Waals surface area (Å²) in [5.74, 6) is 0. The van der Waals surface area contributed by atoms with Gasteiger partial charge >= 0.3 is 0 Å². The van der Waals surface area contributed by atoms with Gasteiger partial charge in [0, 0.05) is 23.8 Å². The van der Waals surface area contributed by atoms with E-state index in [9.17, 15) is 16.8 Å². The molecule has 0 spiro atoms. The molecule has 0 atom stereocenters. The Bertz CT molecular complexity index is 1940. The zero-order valence-electron chi connectivity index (χ0n) is 25.9. The van der Waals surface area contributed by atoms with Crippen LogP contribution in [0.2, 0.25) is 0 Å². The van der Waals surface area contributed by atoms with Gasteiger partial charge in [-0.15, -0.1) is 0 Å². The summed E-state index contributed by atoms with van der Waals surface area (Å²) in [6.45, 7) is 7.68. The molecule has 46 heavy (non-hydrogen) atoms. The molecule has 0 fully saturated rings. The third-order valence-electron chi connectivity index (χ3n) is 6.90. The highest BCUT2D eigenvalue weighted by Gasteiger charge is 2.15. The highest BCUT2D eigenvalue weighted by atomic mass is 32.2. The molecule has 5 aromatic rings. The van der Waals surface area contributed by atoms with Crippen molar-refractivity contribution >= 4 is 55.2 Å². The van der Waals surface area contributed by atoms with Crippen molar-refractivity contribution in [1.82, 2.24) is 0 Å². The minimum Gasteiger partial charge on any atom is -0.280 e. The Balaban J connectivity index is 1.18. The minimum atomic E-state index is -3.73. The van der Waals surface area contributed by atoms with Crippen molar-refractivity contribution in [1.29, 1.82) is 0 Å². The van der Waals surface area contributed by atoms with Crippen molar-refractivity contribution in [3.8, 4) is 0 Å². The van der Waals surface area contributed by atoms with Gasteiger partial charge in [-0.2, -0.15) is 0 Å². The normalized spacial score (nSPS) is 12.1. The first-order valence-electron chi connectivity index (χ1n) is 14.5. The molecule has 5 aromatic carbocycles. The summed E-state index contributed by atoms with van der Waals surface area (Å²) in [4.78, 5) is 9.23. The first-order valence-corrected chi connectivity index (χ1v) is 17.4. The average molecular weight is 651 g/mol. The largest absolute Gasteiger partial charge is 0.280 e. The predicted molar refractivity (Wildman–Crippen MR) is 187 cm³/mol. The van der Waals surface area contributed by atoms with Crippen LogP contribution in [0.4, 0.5) is 22.7 Å². The Hall–Kier alpha value is -5.06. The first kappa shape index (κ1) is 32.3. The number of aliphatic imine (C=N–C) groups is 2. The van der Waals surface area contributed by atoms with Crippen LogP contribution in [0, 0.1) is 27.7 Å². The number of hydrogen-bond acceptors (Lipinski definition) is 6. The van der Waals surface area contributed by atoms with E-state index >= 15 is 0 Å². The van der Waals surface area contributed by atoms with Crippen LogP contribution >= 0.6 is 0 Å². The number of nitrogens with zero attached hydrogens (tertiary/aromatic N) is 2. The Morgan fingerprint density at radius 2 is 0.761 bits per heavy atom. The van der Waals surface area contributed by atoms with Gasteiger partial charge in [0.15, 0.2) is 0 Å². The van der Waals surface area contributed by atoms with Crippen LogP contribution in [-0.4, -0.2) is 29.3 Å². The van der Waals surface area contributed by atoms with Crippen LogP contribution in [0.1, 0.15) is 33.4 Å². The summed E-state index contributed by atoms with van der Waals surface area (Å²) < 4.78 is 56.6. The lowest BCUT2D eigenvalue weighted by atomic mass is 10.1.